The van der Waals surface area contributed by atoms with Gasteiger partial charge in [0.15, 0.2) is 11.5 Å². The molecule has 50 heavy (non-hydrogen) atoms. The van der Waals surface area contributed by atoms with Gasteiger partial charge in [0.25, 0.3) is 0 Å². The van der Waals surface area contributed by atoms with Crippen molar-refractivity contribution in [3.8, 4) is 45.5 Å². The van der Waals surface area contributed by atoms with Gasteiger partial charge in [0.1, 0.15) is 5.75 Å². The zero-order valence-electron chi connectivity index (χ0n) is 28.8. The number of methoxy groups -OCH3 is 4. The molecule has 2 aromatic heterocycles. The molecule has 5 aromatic rings. The highest BCUT2D eigenvalue weighted by Crippen LogP contribution is 2.41. The number of pyridine rings is 2. The number of nitrogens with zero attached hydrogens (tertiary/aromatic N) is 4. The third-order valence-electron chi connectivity index (χ3n) is 8.84. The summed E-state index contributed by atoms with van der Waals surface area (Å²) in [5.41, 5.74) is 7.56. The normalized spacial score (nSPS) is 12.8. The Morgan fingerprint density at radius 1 is 0.640 bits per heavy atom. The summed E-state index contributed by atoms with van der Waals surface area (Å²) >= 11 is 0. The van der Waals surface area contributed by atoms with Crippen molar-refractivity contribution in [2.75, 3.05) is 46.4 Å². The molecular weight excluding hydrogens is 695 g/mol. The average molecular weight is 740 g/mol. The zero-order chi connectivity index (χ0) is 32.6. The maximum atomic E-state index is 5.61. The number of ether oxygens (including phenoxy) is 4. The average Bonchev–Trinajstić information content (AvgIpc) is 3.14. The van der Waals surface area contributed by atoms with Crippen LogP contribution in [0.5, 0.6) is 23.0 Å². The number of rotatable bonds is 12. The van der Waals surface area contributed by atoms with Crippen LogP contribution in [0.2, 0.25) is 0 Å². The van der Waals surface area contributed by atoms with Crippen LogP contribution in [-0.2, 0) is 13.1 Å². The van der Waals surface area contributed by atoms with Crippen molar-refractivity contribution >= 4 is 42.9 Å². The quantitative estimate of drug-likeness (QED) is 0.126. The third-order valence-corrected chi connectivity index (χ3v) is 8.84. The molecule has 0 unspecified atom stereocenters. The molecule has 8 nitrogen and oxygen atoms in total. The van der Waals surface area contributed by atoms with Crippen LogP contribution in [0.1, 0.15) is 24.0 Å². The summed E-state index contributed by atoms with van der Waals surface area (Å²) in [5.74, 6) is 2.62. The van der Waals surface area contributed by atoms with Crippen LogP contribution < -0.4 is 23.8 Å². The highest BCUT2D eigenvalue weighted by atomic mass is 35.5. The summed E-state index contributed by atoms with van der Waals surface area (Å²) < 4.78 is 22.2. The van der Waals surface area contributed by atoms with E-state index in [9.17, 15) is 0 Å². The van der Waals surface area contributed by atoms with E-state index in [4.69, 9.17) is 23.9 Å². The lowest BCUT2D eigenvalue weighted by Gasteiger charge is -2.40. The first-order valence-corrected chi connectivity index (χ1v) is 16.0. The van der Waals surface area contributed by atoms with Gasteiger partial charge in [-0.1, -0.05) is 30.3 Å². The summed E-state index contributed by atoms with van der Waals surface area (Å²) in [6, 6.07) is 31.7. The highest BCUT2D eigenvalue weighted by molar-refractivity contribution is 5.86. The molecule has 0 N–H and O–H groups in total. The Labute approximate surface area is 314 Å². The van der Waals surface area contributed by atoms with Gasteiger partial charge in [-0.2, -0.15) is 0 Å². The largest absolute Gasteiger partial charge is 0.497 e. The van der Waals surface area contributed by atoms with Crippen LogP contribution in [0, 0.1) is 0 Å². The van der Waals surface area contributed by atoms with Crippen LogP contribution in [0.3, 0.4) is 0 Å². The molecule has 3 aromatic carbocycles. The number of anilines is 1. The Bertz CT molecular complexity index is 1750. The van der Waals surface area contributed by atoms with Gasteiger partial charge in [0.2, 0.25) is 5.75 Å². The van der Waals surface area contributed by atoms with Crippen LogP contribution in [0.4, 0.5) is 5.69 Å². The van der Waals surface area contributed by atoms with Gasteiger partial charge >= 0.3 is 0 Å². The second-order valence-corrected chi connectivity index (χ2v) is 11.7. The van der Waals surface area contributed by atoms with Gasteiger partial charge in [-0.25, -0.2) is 0 Å². The lowest BCUT2D eigenvalue weighted by molar-refractivity contribution is 0.201. The predicted octanol–water partition coefficient (Wildman–Crippen LogP) is 8.78. The molecule has 1 fully saturated rings. The number of benzene rings is 3. The van der Waals surface area contributed by atoms with Gasteiger partial charge in [-0.3, -0.25) is 14.9 Å². The summed E-state index contributed by atoms with van der Waals surface area (Å²) in [5, 5.41) is 0. The summed E-state index contributed by atoms with van der Waals surface area (Å²) in [7, 11) is 6.57. The first kappa shape index (κ1) is 40.2. The van der Waals surface area contributed by atoms with Crippen molar-refractivity contribution in [1.29, 1.82) is 0 Å². The molecule has 0 radical (unpaired) electrons. The summed E-state index contributed by atoms with van der Waals surface area (Å²) in [6.45, 7) is 3.71. The molecule has 3 heterocycles. The van der Waals surface area contributed by atoms with E-state index in [1.165, 1.54) is 16.8 Å². The fraction of sp³-hybridized carbons (Fsp3) is 0.282. The maximum absolute atomic E-state index is 5.61. The van der Waals surface area contributed by atoms with Crippen LogP contribution >= 0.6 is 37.2 Å². The minimum atomic E-state index is 0. The number of halogens is 3. The number of aromatic nitrogens is 2. The van der Waals surface area contributed by atoms with E-state index >= 15 is 0 Å². The molecule has 0 spiro atoms. The number of likely N-dealkylation sites (tertiary alicyclic amines) is 1. The summed E-state index contributed by atoms with van der Waals surface area (Å²) in [6.07, 6.45) is 5.93. The second kappa shape index (κ2) is 19.3. The van der Waals surface area contributed by atoms with Gasteiger partial charge in [-0.05, 0) is 84.6 Å². The molecule has 1 aliphatic heterocycles. The van der Waals surface area contributed by atoms with E-state index in [2.05, 4.69) is 75.4 Å². The molecule has 11 heteroatoms. The highest BCUT2D eigenvalue weighted by Gasteiger charge is 2.26. The van der Waals surface area contributed by atoms with Crippen LogP contribution in [0.15, 0.2) is 103 Å². The van der Waals surface area contributed by atoms with E-state index in [1.807, 2.05) is 42.7 Å². The molecule has 266 valence electrons. The fourth-order valence-electron chi connectivity index (χ4n) is 6.35. The minimum Gasteiger partial charge on any atom is -0.497 e. The molecule has 0 bridgehead atoms. The predicted molar refractivity (Wildman–Crippen MR) is 208 cm³/mol. The van der Waals surface area contributed by atoms with Crippen molar-refractivity contribution in [1.82, 2.24) is 14.9 Å². The number of piperidine rings is 1. The van der Waals surface area contributed by atoms with Gasteiger partial charge in [0, 0.05) is 61.4 Å². The molecule has 0 amide bonds. The smallest absolute Gasteiger partial charge is 0.203 e. The Morgan fingerprint density at radius 2 is 1.22 bits per heavy atom. The van der Waals surface area contributed by atoms with Gasteiger partial charge < -0.3 is 23.8 Å². The van der Waals surface area contributed by atoms with Crippen LogP contribution in [0.25, 0.3) is 22.5 Å². The lowest BCUT2D eigenvalue weighted by Crippen LogP contribution is -2.44. The lowest BCUT2D eigenvalue weighted by atomic mass is 10.00. The molecule has 6 rings (SSSR count). The standard InChI is InChI=1S/C39H42N4O4.3ClH/c1-44-34-12-10-32(11-13-34)43(27-29-15-19-41-36(23-29)31-24-37(45-2)39(47-4)38(25-31)46-3)33-16-20-42(21-17-33)26-28-14-18-40-35(22-28)30-8-6-5-7-9-30;;;/h5-15,18-19,22-25,33H,16-17,20-21,26-27H2,1-4H3;3*1H. The fourth-order valence-corrected chi connectivity index (χ4v) is 6.35. The molecule has 1 saturated heterocycles. The Balaban J connectivity index is 0.00000225. The molecular formula is C39H45Cl3N4O4. The van der Waals surface area contributed by atoms with E-state index in [1.54, 1.807) is 28.4 Å². The summed E-state index contributed by atoms with van der Waals surface area (Å²) in [4.78, 5) is 14.4. The third kappa shape index (κ3) is 9.52. The van der Waals surface area contributed by atoms with Gasteiger partial charge in [0.05, 0.1) is 39.8 Å². The van der Waals surface area contributed by atoms with Crippen molar-refractivity contribution in [2.24, 2.45) is 0 Å². The molecule has 0 aliphatic carbocycles. The van der Waals surface area contributed by atoms with Crippen molar-refractivity contribution in [2.45, 2.75) is 32.0 Å². The molecule has 0 atom stereocenters. The SMILES string of the molecule is COc1ccc(N(Cc2ccnc(-c3cc(OC)c(OC)c(OC)c3)c2)C2CCN(Cc3ccnc(-c4ccccc4)c3)CC2)cc1.Cl.Cl.Cl. The van der Waals surface area contributed by atoms with Crippen molar-refractivity contribution < 1.29 is 18.9 Å². The van der Waals surface area contributed by atoms with E-state index in [0.717, 1.165) is 67.3 Å². The number of hydrogen-bond acceptors (Lipinski definition) is 8. The van der Waals surface area contributed by atoms with E-state index in [-0.39, 0.29) is 37.2 Å². The first-order valence-electron chi connectivity index (χ1n) is 16.0. The monoisotopic (exact) mass is 738 g/mol. The maximum Gasteiger partial charge on any atom is 0.203 e. The topological polar surface area (TPSA) is 69.2 Å². The minimum absolute atomic E-state index is 0. The number of hydrogen-bond donors (Lipinski definition) is 0. The Kier molecular flexibility index (Phi) is 15.5. The second-order valence-electron chi connectivity index (χ2n) is 11.7. The zero-order valence-corrected chi connectivity index (χ0v) is 31.2. The van der Waals surface area contributed by atoms with Crippen molar-refractivity contribution in [3.63, 3.8) is 0 Å². The molecule has 1 aliphatic rings. The van der Waals surface area contributed by atoms with Gasteiger partial charge in [-0.15, -0.1) is 37.2 Å². The van der Waals surface area contributed by atoms with E-state index < -0.39 is 0 Å². The first-order chi connectivity index (χ1) is 23.1. The Morgan fingerprint density at radius 3 is 1.80 bits per heavy atom. The van der Waals surface area contributed by atoms with Crippen LogP contribution in [-0.4, -0.2) is 62.4 Å². The van der Waals surface area contributed by atoms with Crippen molar-refractivity contribution in [3.05, 3.63) is 115 Å². The Hall–Kier alpha value is -4.21. The van der Waals surface area contributed by atoms with E-state index in [0.29, 0.717) is 23.3 Å². The molecule has 0 saturated carbocycles.